The molecule has 0 saturated carbocycles. The van der Waals surface area contributed by atoms with Crippen LogP contribution >= 0.6 is 63.0 Å². The lowest BCUT2D eigenvalue weighted by Crippen LogP contribution is -2.07. The predicted molar refractivity (Wildman–Crippen MR) is 107 cm³/mol. The smallest absolute Gasteiger partial charge is 0.0805 e. The Balaban J connectivity index is 1.41. The summed E-state index contributed by atoms with van der Waals surface area (Å²) < 4.78 is 7.15. The van der Waals surface area contributed by atoms with Gasteiger partial charge in [-0.2, -0.15) is 0 Å². The van der Waals surface area contributed by atoms with E-state index in [1.165, 1.54) is 43.4 Å². The number of rotatable bonds is 11. The molecule has 1 nitrogen and oxygen atoms in total. The second kappa shape index (κ2) is 11.8. The molecule has 0 spiro atoms. The standard InChI is InChI=1S/C15H23BrOS4/c16-7-5-3-1-2-4-6-8-17-11-13-12-20-15(21-13)14-18-9-10-19-14/h9-10,12,14-15H,1-8,11H2. The molecule has 1 atom stereocenters. The summed E-state index contributed by atoms with van der Waals surface area (Å²) in [7, 11) is 0. The average molecular weight is 428 g/mol. The first-order valence-electron chi connectivity index (χ1n) is 7.51. The maximum absolute atomic E-state index is 5.82. The zero-order chi connectivity index (χ0) is 14.8. The molecule has 120 valence electrons. The Hall–Kier alpha value is 1.32. The fraction of sp³-hybridized carbons (Fsp3) is 0.733. The van der Waals surface area contributed by atoms with Gasteiger partial charge in [-0.25, -0.2) is 0 Å². The molecule has 0 radical (unpaired) electrons. The Labute approximate surface area is 154 Å². The minimum Gasteiger partial charge on any atom is -0.376 e. The molecule has 0 aliphatic carbocycles. The molecular formula is C15H23BrOS4. The normalized spacial score (nSPS) is 22.1. The predicted octanol–water partition coefficient (Wildman–Crippen LogP) is 6.66. The number of ether oxygens (including phenoxy) is 1. The van der Waals surface area contributed by atoms with Crippen LogP contribution in [0.15, 0.2) is 21.1 Å². The van der Waals surface area contributed by atoms with Crippen molar-refractivity contribution in [3.63, 3.8) is 0 Å². The van der Waals surface area contributed by atoms with E-state index >= 15 is 0 Å². The molecule has 1 unspecified atom stereocenters. The van der Waals surface area contributed by atoms with E-state index in [4.69, 9.17) is 4.74 Å². The van der Waals surface area contributed by atoms with Gasteiger partial charge in [-0.05, 0) is 29.1 Å². The molecular weight excluding hydrogens is 404 g/mol. The van der Waals surface area contributed by atoms with Crippen molar-refractivity contribution in [1.82, 2.24) is 0 Å². The second-order valence-electron chi connectivity index (χ2n) is 4.98. The van der Waals surface area contributed by atoms with Crippen LogP contribution in [0.5, 0.6) is 0 Å². The highest BCUT2D eigenvalue weighted by molar-refractivity contribution is 9.09. The Kier molecular flexibility index (Phi) is 10.5. The maximum atomic E-state index is 5.82. The topological polar surface area (TPSA) is 9.23 Å². The molecule has 0 bridgehead atoms. The highest BCUT2D eigenvalue weighted by atomic mass is 79.9. The highest BCUT2D eigenvalue weighted by Gasteiger charge is 2.29. The molecule has 2 aliphatic rings. The highest BCUT2D eigenvalue weighted by Crippen LogP contribution is 2.50. The van der Waals surface area contributed by atoms with E-state index in [0.29, 0.717) is 9.16 Å². The van der Waals surface area contributed by atoms with Crippen molar-refractivity contribution < 1.29 is 4.74 Å². The van der Waals surface area contributed by atoms with E-state index in [1.807, 2.05) is 47.0 Å². The molecule has 2 aliphatic heterocycles. The van der Waals surface area contributed by atoms with Crippen molar-refractivity contribution >= 4 is 63.0 Å². The van der Waals surface area contributed by atoms with Crippen molar-refractivity contribution in [1.29, 1.82) is 0 Å². The van der Waals surface area contributed by atoms with Gasteiger partial charge < -0.3 is 4.74 Å². The van der Waals surface area contributed by atoms with Gasteiger partial charge in [-0.3, -0.25) is 0 Å². The summed E-state index contributed by atoms with van der Waals surface area (Å²) in [6.07, 6.45) is 7.92. The number of alkyl halides is 1. The van der Waals surface area contributed by atoms with Crippen LogP contribution in [0, 0.1) is 0 Å². The largest absolute Gasteiger partial charge is 0.376 e. The zero-order valence-corrected chi connectivity index (χ0v) is 17.0. The summed E-state index contributed by atoms with van der Waals surface area (Å²) in [6, 6.07) is 0. The van der Waals surface area contributed by atoms with Gasteiger partial charge in [-0.1, -0.05) is 41.6 Å². The lowest BCUT2D eigenvalue weighted by molar-refractivity contribution is 0.155. The van der Waals surface area contributed by atoms with Crippen molar-refractivity contribution in [2.45, 2.75) is 47.7 Å². The van der Waals surface area contributed by atoms with Crippen LogP contribution in [-0.2, 0) is 4.74 Å². The third-order valence-electron chi connectivity index (χ3n) is 3.22. The fourth-order valence-electron chi connectivity index (χ4n) is 2.09. The van der Waals surface area contributed by atoms with Gasteiger partial charge in [0, 0.05) is 16.8 Å². The molecule has 0 amide bonds. The van der Waals surface area contributed by atoms with Crippen LogP contribution in [0.25, 0.3) is 0 Å². The fourth-order valence-corrected chi connectivity index (χ4v) is 7.89. The minimum absolute atomic E-state index is 0.656. The Bertz CT molecular complexity index is 341. The average Bonchev–Trinajstić information content (AvgIpc) is 3.16. The molecule has 0 N–H and O–H groups in total. The molecule has 0 aromatic carbocycles. The summed E-state index contributed by atoms with van der Waals surface area (Å²) in [6.45, 7) is 1.73. The van der Waals surface area contributed by atoms with Crippen molar-refractivity contribution in [3.05, 3.63) is 21.1 Å². The van der Waals surface area contributed by atoms with Gasteiger partial charge in [-0.15, -0.1) is 47.0 Å². The Morgan fingerprint density at radius 3 is 2.38 bits per heavy atom. The quantitative estimate of drug-likeness (QED) is 0.268. The van der Waals surface area contributed by atoms with Gasteiger partial charge in [0.2, 0.25) is 0 Å². The summed E-state index contributed by atoms with van der Waals surface area (Å²) in [4.78, 5) is 1.41. The van der Waals surface area contributed by atoms with Crippen molar-refractivity contribution in [2.24, 2.45) is 0 Å². The van der Waals surface area contributed by atoms with Crippen LogP contribution in [0.1, 0.15) is 38.5 Å². The summed E-state index contributed by atoms with van der Waals surface area (Å²) in [5.41, 5.74) is 0. The third-order valence-corrected chi connectivity index (χ3v) is 9.75. The number of hydrogen-bond acceptors (Lipinski definition) is 5. The summed E-state index contributed by atoms with van der Waals surface area (Å²) in [5.74, 6) is 0. The number of unbranched alkanes of at least 4 members (excludes halogenated alkanes) is 5. The molecule has 2 heterocycles. The van der Waals surface area contributed by atoms with Crippen LogP contribution in [0.4, 0.5) is 0 Å². The SMILES string of the molecule is BrCCCCCCCCOCC1=CSC(C2SC=CS2)S1. The monoisotopic (exact) mass is 426 g/mol. The van der Waals surface area contributed by atoms with Gasteiger partial charge in [0.15, 0.2) is 0 Å². The van der Waals surface area contributed by atoms with E-state index in [1.54, 1.807) is 0 Å². The number of halogens is 1. The molecule has 0 fully saturated rings. The minimum atomic E-state index is 0.656. The lowest BCUT2D eigenvalue weighted by Gasteiger charge is -2.15. The van der Waals surface area contributed by atoms with E-state index in [0.717, 1.165) is 18.5 Å². The van der Waals surface area contributed by atoms with Gasteiger partial charge in [0.25, 0.3) is 0 Å². The van der Waals surface area contributed by atoms with Gasteiger partial charge in [0.05, 0.1) is 15.8 Å². The van der Waals surface area contributed by atoms with Crippen molar-refractivity contribution in [2.75, 3.05) is 18.5 Å². The van der Waals surface area contributed by atoms with E-state index in [9.17, 15) is 0 Å². The van der Waals surface area contributed by atoms with E-state index in [-0.39, 0.29) is 0 Å². The number of hydrogen-bond donors (Lipinski definition) is 0. The molecule has 0 saturated heterocycles. The third kappa shape index (κ3) is 7.62. The first-order chi connectivity index (χ1) is 10.4. The first-order valence-corrected chi connectivity index (χ1v) is 12.3. The molecule has 6 heteroatoms. The first kappa shape index (κ1) is 18.7. The molecule has 21 heavy (non-hydrogen) atoms. The zero-order valence-electron chi connectivity index (χ0n) is 12.2. The van der Waals surface area contributed by atoms with E-state index in [2.05, 4.69) is 32.2 Å². The lowest BCUT2D eigenvalue weighted by atomic mass is 10.1. The van der Waals surface area contributed by atoms with Crippen LogP contribution < -0.4 is 0 Å². The number of thioether (sulfide) groups is 4. The maximum Gasteiger partial charge on any atom is 0.0805 e. The van der Waals surface area contributed by atoms with Gasteiger partial charge in [0.1, 0.15) is 0 Å². The van der Waals surface area contributed by atoms with Crippen LogP contribution in [0.3, 0.4) is 0 Å². The van der Waals surface area contributed by atoms with E-state index < -0.39 is 0 Å². The van der Waals surface area contributed by atoms with Gasteiger partial charge >= 0.3 is 0 Å². The van der Waals surface area contributed by atoms with Crippen LogP contribution in [0.2, 0.25) is 0 Å². The molecule has 2 rings (SSSR count). The second-order valence-corrected chi connectivity index (χ2v) is 10.8. The Morgan fingerprint density at radius 2 is 1.62 bits per heavy atom. The van der Waals surface area contributed by atoms with Crippen molar-refractivity contribution in [3.8, 4) is 0 Å². The van der Waals surface area contributed by atoms with Crippen LogP contribution in [-0.4, -0.2) is 27.7 Å². The summed E-state index contributed by atoms with van der Waals surface area (Å²) in [5, 5.41) is 7.87. The molecule has 0 aromatic rings. The Morgan fingerprint density at radius 1 is 0.905 bits per heavy atom. The summed E-state index contributed by atoms with van der Waals surface area (Å²) >= 11 is 11.3. The molecule has 0 aromatic heterocycles.